The van der Waals surface area contributed by atoms with Crippen molar-refractivity contribution in [2.45, 2.75) is 39.0 Å². The summed E-state index contributed by atoms with van der Waals surface area (Å²) in [6, 6.07) is 25.8. The fourth-order valence-electron chi connectivity index (χ4n) is 5.72. The van der Waals surface area contributed by atoms with E-state index >= 15 is 0 Å². The molecule has 2 heterocycles. The summed E-state index contributed by atoms with van der Waals surface area (Å²) in [5, 5.41) is 14.2. The van der Waals surface area contributed by atoms with E-state index in [9.17, 15) is 5.11 Å². The molecule has 6 rings (SSSR count). The normalized spacial score (nSPS) is 16.6. The summed E-state index contributed by atoms with van der Waals surface area (Å²) in [5.41, 5.74) is 8.18. The molecule has 0 bridgehead atoms. The lowest BCUT2D eigenvalue weighted by molar-refractivity contribution is 0.249. The minimum absolute atomic E-state index is 0.0867. The van der Waals surface area contributed by atoms with E-state index in [4.69, 9.17) is 14.2 Å². The van der Waals surface area contributed by atoms with Crippen LogP contribution in [-0.2, 0) is 6.61 Å². The Balaban J connectivity index is 1.35. The Morgan fingerprint density at radius 2 is 1.73 bits per heavy atom. The van der Waals surface area contributed by atoms with Crippen molar-refractivity contribution < 1.29 is 19.3 Å². The molecule has 2 aliphatic rings. The first kappa shape index (κ1) is 25.6. The predicted molar refractivity (Wildman–Crippen MR) is 161 cm³/mol. The standard InChI is InChI=1S/C35H33NO4/c1-22-20-35(2,3)36-27-16-15-26-32(31(22)27)29(40-30-19-17-28(37)34(38-4)33(26)30)18-12-23-10-13-25(14-11-23)39-21-24-8-6-5-7-9-24/h5-20,29,36-37H,21H2,1-4H3. The summed E-state index contributed by atoms with van der Waals surface area (Å²) in [5.74, 6) is 2.00. The van der Waals surface area contributed by atoms with Gasteiger partial charge in [-0.3, -0.25) is 0 Å². The van der Waals surface area contributed by atoms with Crippen molar-refractivity contribution in [2.75, 3.05) is 12.4 Å². The maximum absolute atomic E-state index is 10.6. The van der Waals surface area contributed by atoms with Gasteiger partial charge in [-0.25, -0.2) is 0 Å². The molecule has 1 atom stereocenters. The molecule has 1 unspecified atom stereocenters. The van der Waals surface area contributed by atoms with Crippen LogP contribution in [0.2, 0.25) is 0 Å². The third-order valence-electron chi connectivity index (χ3n) is 7.38. The lowest BCUT2D eigenvalue weighted by Gasteiger charge is -2.36. The van der Waals surface area contributed by atoms with E-state index in [2.05, 4.69) is 68.6 Å². The summed E-state index contributed by atoms with van der Waals surface area (Å²) in [6.45, 7) is 7.00. The number of methoxy groups -OCH3 is 1. The quantitative estimate of drug-likeness (QED) is 0.262. The van der Waals surface area contributed by atoms with Crippen LogP contribution in [0.1, 0.15) is 49.1 Å². The van der Waals surface area contributed by atoms with Gasteiger partial charge in [0.2, 0.25) is 0 Å². The number of ether oxygens (including phenoxy) is 3. The zero-order valence-corrected chi connectivity index (χ0v) is 23.2. The molecular weight excluding hydrogens is 498 g/mol. The molecule has 2 N–H and O–H groups in total. The highest BCUT2D eigenvalue weighted by molar-refractivity contribution is 5.92. The number of aromatic hydroxyl groups is 1. The van der Waals surface area contributed by atoms with Crippen LogP contribution in [0.25, 0.3) is 22.8 Å². The molecule has 0 saturated heterocycles. The molecule has 0 spiro atoms. The summed E-state index contributed by atoms with van der Waals surface area (Å²) in [4.78, 5) is 0. The van der Waals surface area contributed by atoms with Gasteiger partial charge in [0.15, 0.2) is 11.5 Å². The maximum Gasteiger partial charge on any atom is 0.172 e. The third-order valence-corrected chi connectivity index (χ3v) is 7.38. The van der Waals surface area contributed by atoms with Crippen LogP contribution in [0.5, 0.6) is 23.0 Å². The number of phenols is 1. The summed E-state index contributed by atoms with van der Waals surface area (Å²) in [7, 11) is 1.57. The highest BCUT2D eigenvalue weighted by Gasteiger charge is 2.34. The topological polar surface area (TPSA) is 60.0 Å². The van der Waals surface area contributed by atoms with Crippen molar-refractivity contribution in [3.8, 4) is 34.1 Å². The van der Waals surface area contributed by atoms with E-state index in [1.54, 1.807) is 19.2 Å². The average molecular weight is 532 g/mol. The first-order valence-electron chi connectivity index (χ1n) is 13.5. The van der Waals surface area contributed by atoms with Crippen molar-refractivity contribution in [1.82, 2.24) is 0 Å². The van der Waals surface area contributed by atoms with E-state index in [0.717, 1.165) is 44.8 Å². The van der Waals surface area contributed by atoms with Crippen molar-refractivity contribution in [1.29, 1.82) is 0 Å². The van der Waals surface area contributed by atoms with Crippen molar-refractivity contribution in [3.63, 3.8) is 0 Å². The molecule has 0 amide bonds. The summed E-state index contributed by atoms with van der Waals surface area (Å²) >= 11 is 0. The van der Waals surface area contributed by atoms with Crippen LogP contribution in [0, 0.1) is 0 Å². The number of allylic oxidation sites excluding steroid dienone is 1. The Morgan fingerprint density at radius 1 is 0.950 bits per heavy atom. The molecular formula is C35H33NO4. The van der Waals surface area contributed by atoms with Crippen LogP contribution in [0.4, 0.5) is 5.69 Å². The first-order chi connectivity index (χ1) is 19.3. The van der Waals surface area contributed by atoms with Gasteiger partial charge in [0, 0.05) is 16.8 Å². The van der Waals surface area contributed by atoms with Gasteiger partial charge >= 0.3 is 0 Å². The minimum atomic E-state index is -0.341. The molecule has 2 aliphatic heterocycles. The van der Waals surface area contributed by atoms with Crippen LogP contribution >= 0.6 is 0 Å². The zero-order chi connectivity index (χ0) is 27.9. The number of benzene rings is 4. The van der Waals surface area contributed by atoms with Crippen molar-refractivity contribution >= 4 is 17.3 Å². The lowest BCUT2D eigenvalue weighted by atomic mass is 9.81. The molecule has 0 aliphatic carbocycles. The number of fused-ring (bicyclic) bond motifs is 5. The highest BCUT2D eigenvalue weighted by Crippen LogP contribution is 2.54. The fourth-order valence-corrected chi connectivity index (χ4v) is 5.72. The maximum atomic E-state index is 10.6. The third kappa shape index (κ3) is 4.79. The Kier molecular flexibility index (Phi) is 6.51. The second-order valence-corrected chi connectivity index (χ2v) is 10.9. The molecule has 5 nitrogen and oxygen atoms in total. The summed E-state index contributed by atoms with van der Waals surface area (Å²) < 4.78 is 18.2. The number of anilines is 1. The Bertz CT molecular complexity index is 1620. The van der Waals surface area contributed by atoms with Gasteiger partial charge in [0.1, 0.15) is 24.2 Å². The SMILES string of the molecule is COc1c(O)ccc2c1-c1ccc3c(c1C(C=Cc1ccc(OCc4ccccc4)cc1)O2)C(C)=CC(C)(C)N3. The van der Waals surface area contributed by atoms with Crippen molar-refractivity contribution in [3.05, 3.63) is 113 Å². The molecule has 4 aromatic carbocycles. The van der Waals surface area contributed by atoms with Crippen molar-refractivity contribution in [2.24, 2.45) is 0 Å². The van der Waals surface area contributed by atoms with E-state index in [1.807, 2.05) is 42.5 Å². The van der Waals surface area contributed by atoms with Crippen LogP contribution in [0.3, 0.4) is 0 Å². The number of hydrogen-bond acceptors (Lipinski definition) is 5. The Morgan fingerprint density at radius 3 is 2.48 bits per heavy atom. The van der Waals surface area contributed by atoms with E-state index in [-0.39, 0.29) is 17.4 Å². The second kappa shape index (κ2) is 10.2. The van der Waals surface area contributed by atoms with Gasteiger partial charge in [-0.1, -0.05) is 60.7 Å². The van der Waals surface area contributed by atoms with Gasteiger partial charge < -0.3 is 24.6 Å². The van der Waals surface area contributed by atoms with Gasteiger partial charge in [-0.2, -0.15) is 0 Å². The van der Waals surface area contributed by atoms with E-state index in [1.165, 1.54) is 5.57 Å². The largest absolute Gasteiger partial charge is 0.504 e. The number of phenolic OH excluding ortho intramolecular Hbond substituents is 1. The second-order valence-electron chi connectivity index (χ2n) is 10.9. The number of rotatable bonds is 6. The fraction of sp³-hybridized carbons (Fsp3) is 0.200. The summed E-state index contributed by atoms with van der Waals surface area (Å²) in [6.07, 6.45) is 6.08. The van der Waals surface area contributed by atoms with Gasteiger partial charge in [-0.15, -0.1) is 0 Å². The molecule has 0 fully saturated rings. The molecule has 202 valence electrons. The average Bonchev–Trinajstić information content (AvgIpc) is 2.95. The smallest absolute Gasteiger partial charge is 0.172 e. The van der Waals surface area contributed by atoms with Gasteiger partial charge in [-0.05, 0) is 79.4 Å². The molecule has 4 aromatic rings. The van der Waals surface area contributed by atoms with Crippen LogP contribution < -0.4 is 19.5 Å². The Labute approximate surface area is 235 Å². The predicted octanol–water partition coefficient (Wildman–Crippen LogP) is 8.40. The number of hydrogen-bond donors (Lipinski definition) is 2. The van der Waals surface area contributed by atoms with E-state index in [0.29, 0.717) is 18.1 Å². The lowest BCUT2D eigenvalue weighted by Crippen LogP contribution is -2.32. The molecule has 40 heavy (non-hydrogen) atoms. The van der Waals surface area contributed by atoms with Crippen LogP contribution in [-0.4, -0.2) is 17.8 Å². The monoisotopic (exact) mass is 531 g/mol. The highest BCUT2D eigenvalue weighted by atomic mass is 16.5. The van der Waals surface area contributed by atoms with E-state index < -0.39 is 0 Å². The molecule has 0 radical (unpaired) electrons. The van der Waals surface area contributed by atoms with Gasteiger partial charge in [0.25, 0.3) is 0 Å². The Hall–Kier alpha value is -4.64. The number of nitrogens with one attached hydrogen (secondary N) is 1. The van der Waals surface area contributed by atoms with Gasteiger partial charge in [0.05, 0.1) is 18.2 Å². The first-order valence-corrected chi connectivity index (χ1v) is 13.5. The molecule has 0 aromatic heterocycles. The zero-order valence-electron chi connectivity index (χ0n) is 23.2. The minimum Gasteiger partial charge on any atom is -0.504 e. The van der Waals surface area contributed by atoms with Crippen LogP contribution in [0.15, 0.2) is 91.0 Å². The molecule has 0 saturated carbocycles. The molecule has 5 heteroatoms.